The molecule has 7 nitrogen and oxygen atoms in total. The fraction of sp³-hybridized carbons (Fsp3) is 0.385. The molecule has 0 saturated carbocycles. The number of hydrogen-bond acceptors (Lipinski definition) is 4. The molecule has 116 valence electrons. The van der Waals surface area contributed by atoms with Crippen LogP contribution in [-0.2, 0) is 9.53 Å². The van der Waals surface area contributed by atoms with Crippen LogP contribution in [0.3, 0.4) is 0 Å². The number of carbonyl (C=O) groups is 2. The van der Waals surface area contributed by atoms with Crippen LogP contribution in [0.5, 0.6) is 0 Å². The van der Waals surface area contributed by atoms with Crippen molar-refractivity contribution in [3.8, 4) is 0 Å². The number of methoxy groups -OCH3 is 1. The Morgan fingerprint density at radius 1 is 1.64 bits per heavy atom. The first-order valence-electron chi connectivity index (χ1n) is 6.36. The number of azide groups is 1. The second-order valence-corrected chi connectivity index (χ2v) is 5.68. The number of hydrogen-bond donors (Lipinski definition) is 0. The molecule has 1 aromatic carbocycles. The summed E-state index contributed by atoms with van der Waals surface area (Å²) in [7, 11) is 1.15. The highest BCUT2D eigenvalue weighted by atomic mass is 79.9. The number of amides is 1. The van der Waals surface area contributed by atoms with E-state index in [0.717, 1.165) is 7.11 Å². The summed E-state index contributed by atoms with van der Waals surface area (Å²) in [6, 6.07) is 2.72. The van der Waals surface area contributed by atoms with Crippen LogP contribution < -0.4 is 4.90 Å². The summed E-state index contributed by atoms with van der Waals surface area (Å²) in [5, 5.41) is 3.44. The van der Waals surface area contributed by atoms with Crippen LogP contribution in [-0.4, -0.2) is 32.1 Å². The topological polar surface area (TPSA) is 95.4 Å². The molecule has 0 spiro atoms. The van der Waals surface area contributed by atoms with Crippen LogP contribution in [0.2, 0.25) is 0 Å². The third-order valence-electron chi connectivity index (χ3n) is 3.32. The van der Waals surface area contributed by atoms with Gasteiger partial charge in [-0.2, -0.15) is 0 Å². The van der Waals surface area contributed by atoms with Gasteiger partial charge in [-0.25, -0.2) is 9.18 Å². The van der Waals surface area contributed by atoms with Gasteiger partial charge in [-0.1, -0.05) is 21.0 Å². The Morgan fingerprint density at radius 3 is 3.00 bits per heavy atom. The molecule has 1 amide bonds. The highest BCUT2D eigenvalue weighted by Gasteiger charge is 2.33. The minimum Gasteiger partial charge on any atom is -0.465 e. The third-order valence-corrected chi connectivity index (χ3v) is 3.78. The van der Waals surface area contributed by atoms with Gasteiger partial charge in [0.2, 0.25) is 5.91 Å². The van der Waals surface area contributed by atoms with Crippen LogP contribution >= 0.6 is 15.9 Å². The fourth-order valence-corrected chi connectivity index (χ4v) is 2.76. The molecule has 0 aromatic heterocycles. The summed E-state index contributed by atoms with van der Waals surface area (Å²) in [6.07, 6.45) is 0.165. The molecule has 2 rings (SSSR count). The molecule has 1 aliphatic rings. The molecule has 1 aliphatic heterocycles. The molecule has 1 saturated heterocycles. The fourth-order valence-electron chi connectivity index (χ4n) is 2.32. The van der Waals surface area contributed by atoms with Gasteiger partial charge in [-0.15, -0.1) is 0 Å². The summed E-state index contributed by atoms with van der Waals surface area (Å²) in [5.74, 6) is -2.10. The second-order valence-electron chi connectivity index (χ2n) is 4.77. The van der Waals surface area contributed by atoms with E-state index in [1.54, 1.807) is 0 Å². The van der Waals surface area contributed by atoms with E-state index >= 15 is 0 Å². The number of ether oxygens (including phenoxy) is 1. The summed E-state index contributed by atoms with van der Waals surface area (Å²) in [5.41, 5.74) is 8.07. The molecule has 0 N–H and O–H groups in total. The van der Waals surface area contributed by atoms with Crippen LogP contribution in [0.1, 0.15) is 16.8 Å². The van der Waals surface area contributed by atoms with E-state index in [1.807, 2.05) is 0 Å². The van der Waals surface area contributed by atoms with Gasteiger partial charge in [-0.05, 0) is 23.6 Å². The zero-order chi connectivity index (χ0) is 16.3. The highest BCUT2D eigenvalue weighted by molar-refractivity contribution is 9.10. The predicted molar refractivity (Wildman–Crippen MR) is 79.9 cm³/mol. The molecule has 1 unspecified atom stereocenters. The van der Waals surface area contributed by atoms with Gasteiger partial charge >= 0.3 is 5.97 Å². The number of rotatable bonds is 4. The lowest BCUT2D eigenvalue weighted by molar-refractivity contribution is -0.117. The minimum absolute atomic E-state index is 0.00297. The van der Waals surface area contributed by atoms with Gasteiger partial charge in [0.05, 0.1) is 18.4 Å². The van der Waals surface area contributed by atoms with Crippen molar-refractivity contribution in [1.29, 1.82) is 0 Å². The molecule has 1 heterocycles. The molecular formula is C13H12BrFN4O3. The predicted octanol–water partition coefficient (Wildman–Crippen LogP) is 3.04. The lowest BCUT2D eigenvalue weighted by atomic mass is 10.1. The summed E-state index contributed by atoms with van der Waals surface area (Å²) < 4.78 is 19.5. The van der Waals surface area contributed by atoms with E-state index < -0.39 is 11.8 Å². The molecule has 0 radical (unpaired) electrons. The summed E-state index contributed by atoms with van der Waals surface area (Å²) in [4.78, 5) is 27.6. The molecule has 0 bridgehead atoms. The maximum absolute atomic E-state index is 14.5. The van der Waals surface area contributed by atoms with Gasteiger partial charge in [0.1, 0.15) is 0 Å². The number of esters is 1. The van der Waals surface area contributed by atoms with Gasteiger partial charge in [-0.3, -0.25) is 4.79 Å². The van der Waals surface area contributed by atoms with E-state index in [1.165, 1.54) is 17.0 Å². The van der Waals surface area contributed by atoms with Crippen molar-refractivity contribution < 1.29 is 18.7 Å². The van der Waals surface area contributed by atoms with Gasteiger partial charge in [0.15, 0.2) is 5.82 Å². The van der Waals surface area contributed by atoms with E-state index in [-0.39, 0.29) is 42.6 Å². The van der Waals surface area contributed by atoms with Crippen LogP contribution in [0.15, 0.2) is 21.7 Å². The molecule has 1 atom stereocenters. The van der Waals surface area contributed by atoms with Crippen LogP contribution in [0.4, 0.5) is 10.1 Å². The average molecular weight is 371 g/mol. The number of halogens is 2. The lowest BCUT2D eigenvalue weighted by Gasteiger charge is -2.19. The molecule has 1 aromatic rings. The number of benzene rings is 1. The smallest absolute Gasteiger partial charge is 0.340 e. The Kier molecular flexibility index (Phi) is 4.99. The van der Waals surface area contributed by atoms with Gasteiger partial charge in [0, 0.05) is 28.9 Å². The van der Waals surface area contributed by atoms with Gasteiger partial charge < -0.3 is 9.64 Å². The van der Waals surface area contributed by atoms with E-state index in [0.29, 0.717) is 4.47 Å². The average Bonchev–Trinajstić information content (AvgIpc) is 2.87. The van der Waals surface area contributed by atoms with Crippen molar-refractivity contribution in [1.82, 2.24) is 0 Å². The molecular weight excluding hydrogens is 359 g/mol. The zero-order valence-corrected chi connectivity index (χ0v) is 13.2. The third kappa shape index (κ3) is 3.20. The monoisotopic (exact) mass is 370 g/mol. The van der Waals surface area contributed by atoms with E-state index in [9.17, 15) is 14.0 Å². The van der Waals surface area contributed by atoms with Crippen LogP contribution in [0, 0.1) is 11.7 Å². The SMILES string of the molecule is COC(=O)c1cc(Br)cc(N2CC(CN=[N+]=[N-])CC2=O)c1F. The normalized spacial score (nSPS) is 17.3. The quantitative estimate of drug-likeness (QED) is 0.352. The van der Waals surface area contributed by atoms with Crippen molar-refractivity contribution in [2.24, 2.45) is 11.0 Å². The minimum atomic E-state index is -0.822. The van der Waals surface area contributed by atoms with E-state index in [2.05, 4.69) is 30.7 Å². The molecule has 1 fully saturated rings. The Hall–Kier alpha value is -2.12. The first kappa shape index (κ1) is 16.3. The Labute approximate surface area is 133 Å². The molecule has 0 aliphatic carbocycles. The Bertz CT molecular complexity index is 675. The lowest BCUT2D eigenvalue weighted by Crippen LogP contribution is -2.26. The molecule has 22 heavy (non-hydrogen) atoms. The van der Waals surface area contributed by atoms with Crippen molar-refractivity contribution in [2.45, 2.75) is 6.42 Å². The summed E-state index contributed by atoms with van der Waals surface area (Å²) in [6.45, 7) is 0.393. The van der Waals surface area contributed by atoms with Crippen LogP contribution in [0.25, 0.3) is 10.4 Å². The van der Waals surface area contributed by atoms with Crippen molar-refractivity contribution in [3.05, 3.63) is 38.4 Å². The zero-order valence-electron chi connectivity index (χ0n) is 11.6. The number of anilines is 1. The Morgan fingerprint density at radius 2 is 2.36 bits per heavy atom. The summed E-state index contributed by atoms with van der Waals surface area (Å²) >= 11 is 3.19. The van der Waals surface area contributed by atoms with Crippen molar-refractivity contribution in [2.75, 3.05) is 25.1 Å². The first-order chi connectivity index (χ1) is 10.5. The van der Waals surface area contributed by atoms with E-state index in [4.69, 9.17) is 5.53 Å². The Balaban J connectivity index is 2.36. The standard InChI is InChI=1S/C13H12BrFN4O3/c1-22-13(21)9-3-8(14)4-10(12(9)15)19-6-7(2-11(19)20)5-17-18-16/h3-4,7H,2,5-6H2,1H3. The highest BCUT2D eigenvalue weighted by Crippen LogP contribution is 2.32. The van der Waals surface area contributed by atoms with Crippen molar-refractivity contribution in [3.63, 3.8) is 0 Å². The van der Waals surface area contributed by atoms with Crippen molar-refractivity contribution >= 4 is 33.5 Å². The molecule has 9 heteroatoms. The second kappa shape index (κ2) is 6.76. The van der Waals surface area contributed by atoms with Gasteiger partial charge in [0.25, 0.3) is 0 Å². The number of nitrogens with zero attached hydrogens (tertiary/aromatic N) is 4. The maximum atomic E-state index is 14.5. The maximum Gasteiger partial charge on any atom is 0.340 e. The number of carbonyl (C=O) groups excluding carboxylic acids is 2. The largest absolute Gasteiger partial charge is 0.465 e. The first-order valence-corrected chi connectivity index (χ1v) is 7.15.